The summed E-state index contributed by atoms with van der Waals surface area (Å²) in [5.74, 6) is -1.14. The molecular formula is C20H18F2N2O. The molecule has 3 aromatic rings. The van der Waals surface area contributed by atoms with Gasteiger partial charge < -0.3 is 10.3 Å². The van der Waals surface area contributed by atoms with Crippen LogP contribution in [0, 0.1) is 17.6 Å². The summed E-state index contributed by atoms with van der Waals surface area (Å²) in [5.41, 5.74) is 1.38. The summed E-state index contributed by atoms with van der Waals surface area (Å²) in [6.45, 7) is 2.34. The number of carbonyl (C=O) groups is 1. The number of halogens is 2. The lowest BCUT2D eigenvalue weighted by molar-refractivity contribution is 0.0944. The van der Waals surface area contributed by atoms with Gasteiger partial charge in [-0.2, -0.15) is 0 Å². The fraction of sp³-hybridized carbons (Fsp3) is 0.250. The van der Waals surface area contributed by atoms with E-state index < -0.39 is 17.0 Å². The van der Waals surface area contributed by atoms with Gasteiger partial charge in [-0.15, -0.1) is 0 Å². The van der Waals surface area contributed by atoms with Crippen molar-refractivity contribution < 1.29 is 13.6 Å². The first kappa shape index (κ1) is 15.8. The summed E-state index contributed by atoms with van der Waals surface area (Å²) < 4.78 is 27.4. The first-order valence-corrected chi connectivity index (χ1v) is 8.31. The minimum Gasteiger partial charge on any atom is -0.351 e. The van der Waals surface area contributed by atoms with Gasteiger partial charge in [-0.05, 0) is 36.1 Å². The van der Waals surface area contributed by atoms with Crippen molar-refractivity contribution >= 4 is 16.8 Å². The quantitative estimate of drug-likeness (QED) is 0.736. The molecule has 3 nitrogen and oxygen atoms in total. The lowest BCUT2D eigenvalue weighted by Gasteiger charge is -2.18. The first-order valence-electron chi connectivity index (χ1n) is 8.31. The molecule has 1 saturated carbocycles. The number of rotatable bonds is 4. The van der Waals surface area contributed by atoms with Gasteiger partial charge in [0.2, 0.25) is 0 Å². The highest BCUT2D eigenvalue weighted by Crippen LogP contribution is 2.54. The van der Waals surface area contributed by atoms with E-state index in [1.165, 1.54) is 12.1 Å². The summed E-state index contributed by atoms with van der Waals surface area (Å²) in [7, 11) is 0. The first-order chi connectivity index (χ1) is 12.0. The zero-order valence-corrected chi connectivity index (χ0v) is 13.8. The lowest BCUT2D eigenvalue weighted by atomic mass is 9.92. The van der Waals surface area contributed by atoms with Crippen LogP contribution in [0.1, 0.15) is 29.4 Å². The summed E-state index contributed by atoms with van der Waals surface area (Å²) in [6, 6.07) is 13.1. The SMILES string of the molecule is CC1CC1(CNC(=O)c1cc2ccccc2[nH]1)c1ccc(F)cc1F. The average molecular weight is 340 g/mol. The van der Waals surface area contributed by atoms with Crippen LogP contribution in [0.5, 0.6) is 0 Å². The molecule has 1 fully saturated rings. The molecule has 1 aliphatic rings. The Morgan fingerprint density at radius 1 is 1.24 bits per heavy atom. The summed E-state index contributed by atoms with van der Waals surface area (Å²) in [4.78, 5) is 15.6. The molecule has 1 aliphatic carbocycles. The van der Waals surface area contributed by atoms with Gasteiger partial charge in [0, 0.05) is 28.9 Å². The molecule has 2 unspecified atom stereocenters. The van der Waals surface area contributed by atoms with Crippen molar-refractivity contribution in [2.45, 2.75) is 18.8 Å². The standard InChI is InChI=1S/C20H18F2N2O/c1-12-10-20(12,15-7-6-14(21)9-16(15)22)11-23-19(25)18-8-13-4-2-3-5-17(13)24-18/h2-9,12,24H,10-11H2,1H3,(H,23,25). The maximum atomic E-state index is 14.2. The van der Waals surface area contributed by atoms with E-state index in [2.05, 4.69) is 10.3 Å². The van der Waals surface area contributed by atoms with Crippen LogP contribution in [0.2, 0.25) is 0 Å². The highest BCUT2D eigenvalue weighted by molar-refractivity contribution is 5.98. The van der Waals surface area contributed by atoms with Crippen LogP contribution in [0.25, 0.3) is 10.9 Å². The second-order valence-electron chi connectivity index (χ2n) is 6.84. The van der Waals surface area contributed by atoms with Gasteiger partial charge in [0.25, 0.3) is 5.91 Å². The van der Waals surface area contributed by atoms with E-state index >= 15 is 0 Å². The second kappa shape index (κ2) is 5.69. The van der Waals surface area contributed by atoms with Crippen molar-refractivity contribution in [1.82, 2.24) is 10.3 Å². The van der Waals surface area contributed by atoms with E-state index in [1.807, 2.05) is 31.2 Å². The van der Waals surface area contributed by atoms with E-state index in [0.29, 0.717) is 17.8 Å². The Morgan fingerprint density at radius 2 is 2.00 bits per heavy atom. The second-order valence-corrected chi connectivity index (χ2v) is 6.84. The zero-order chi connectivity index (χ0) is 17.6. The van der Waals surface area contributed by atoms with Crippen LogP contribution < -0.4 is 5.32 Å². The van der Waals surface area contributed by atoms with Crippen LogP contribution in [0.3, 0.4) is 0 Å². The largest absolute Gasteiger partial charge is 0.351 e. The maximum absolute atomic E-state index is 14.2. The highest BCUT2D eigenvalue weighted by Gasteiger charge is 2.53. The molecular weight excluding hydrogens is 322 g/mol. The smallest absolute Gasteiger partial charge is 0.267 e. The third-order valence-electron chi connectivity index (χ3n) is 5.26. The van der Waals surface area contributed by atoms with Crippen molar-refractivity contribution in [2.75, 3.05) is 6.54 Å². The van der Waals surface area contributed by atoms with E-state index in [9.17, 15) is 13.6 Å². The molecule has 0 saturated heterocycles. The molecule has 5 heteroatoms. The topological polar surface area (TPSA) is 44.9 Å². The Kier molecular flexibility index (Phi) is 3.60. The maximum Gasteiger partial charge on any atom is 0.267 e. The molecule has 1 aromatic heterocycles. The predicted octanol–water partition coefficient (Wildman–Crippen LogP) is 4.15. The van der Waals surface area contributed by atoms with Crippen molar-refractivity contribution in [3.8, 4) is 0 Å². The van der Waals surface area contributed by atoms with Crippen molar-refractivity contribution in [1.29, 1.82) is 0 Å². The molecule has 2 aromatic carbocycles. The van der Waals surface area contributed by atoms with Crippen LogP contribution in [0.15, 0.2) is 48.5 Å². The Labute approximate surface area is 144 Å². The molecule has 25 heavy (non-hydrogen) atoms. The van der Waals surface area contributed by atoms with E-state index in [4.69, 9.17) is 0 Å². The van der Waals surface area contributed by atoms with Crippen molar-refractivity contribution in [3.63, 3.8) is 0 Å². The summed E-state index contributed by atoms with van der Waals surface area (Å²) in [5, 5.41) is 3.87. The fourth-order valence-electron chi connectivity index (χ4n) is 3.63. The Balaban J connectivity index is 1.54. The average Bonchev–Trinajstić information content (AvgIpc) is 3.05. The van der Waals surface area contributed by atoms with Crippen molar-refractivity contribution in [3.05, 3.63) is 71.4 Å². The van der Waals surface area contributed by atoms with Crippen LogP contribution in [-0.4, -0.2) is 17.4 Å². The molecule has 1 heterocycles. The monoisotopic (exact) mass is 340 g/mol. The van der Waals surface area contributed by atoms with Gasteiger partial charge in [0.05, 0.1) is 0 Å². The number of para-hydroxylation sites is 1. The highest BCUT2D eigenvalue weighted by atomic mass is 19.1. The number of H-pyrrole nitrogens is 1. The van der Waals surface area contributed by atoms with Crippen LogP contribution >= 0.6 is 0 Å². The summed E-state index contributed by atoms with van der Waals surface area (Å²) in [6.07, 6.45) is 0.766. The van der Waals surface area contributed by atoms with Gasteiger partial charge in [0.15, 0.2) is 0 Å². The molecule has 2 N–H and O–H groups in total. The molecule has 4 rings (SSSR count). The van der Waals surface area contributed by atoms with Gasteiger partial charge >= 0.3 is 0 Å². The Bertz CT molecular complexity index is 932. The van der Waals surface area contributed by atoms with Crippen LogP contribution in [0.4, 0.5) is 8.78 Å². The van der Waals surface area contributed by atoms with Gasteiger partial charge in [-0.25, -0.2) is 8.78 Å². The number of aromatic amines is 1. The number of hydrogen-bond donors (Lipinski definition) is 2. The number of carbonyl (C=O) groups excluding carboxylic acids is 1. The molecule has 0 radical (unpaired) electrons. The van der Waals surface area contributed by atoms with E-state index in [1.54, 1.807) is 6.07 Å². The number of fused-ring (bicyclic) bond motifs is 1. The van der Waals surface area contributed by atoms with Crippen molar-refractivity contribution in [2.24, 2.45) is 5.92 Å². The Hall–Kier alpha value is -2.69. The lowest BCUT2D eigenvalue weighted by Crippen LogP contribution is -2.34. The van der Waals surface area contributed by atoms with E-state index in [-0.39, 0.29) is 11.8 Å². The number of aromatic nitrogens is 1. The molecule has 2 atom stereocenters. The fourth-order valence-corrected chi connectivity index (χ4v) is 3.63. The third kappa shape index (κ3) is 2.69. The normalized spacial score (nSPS) is 22.1. The predicted molar refractivity (Wildman–Crippen MR) is 92.4 cm³/mol. The zero-order valence-electron chi connectivity index (χ0n) is 13.8. The summed E-state index contributed by atoms with van der Waals surface area (Å²) >= 11 is 0. The Morgan fingerprint density at radius 3 is 2.68 bits per heavy atom. The molecule has 1 amide bonds. The minimum atomic E-state index is -0.591. The minimum absolute atomic E-state index is 0.225. The number of amides is 1. The molecule has 0 spiro atoms. The molecule has 128 valence electrons. The molecule has 0 aliphatic heterocycles. The van der Waals surface area contributed by atoms with Gasteiger partial charge in [-0.3, -0.25) is 4.79 Å². The van der Waals surface area contributed by atoms with E-state index in [0.717, 1.165) is 23.4 Å². The number of benzene rings is 2. The van der Waals surface area contributed by atoms with Crippen LogP contribution in [-0.2, 0) is 5.41 Å². The molecule has 0 bridgehead atoms. The van der Waals surface area contributed by atoms with Gasteiger partial charge in [-0.1, -0.05) is 31.2 Å². The number of hydrogen-bond acceptors (Lipinski definition) is 1. The number of nitrogens with one attached hydrogen (secondary N) is 2. The third-order valence-corrected chi connectivity index (χ3v) is 5.26. The van der Waals surface area contributed by atoms with Gasteiger partial charge in [0.1, 0.15) is 17.3 Å².